The van der Waals surface area contributed by atoms with Gasteiger partial charge in [0.15, 0.2) is 5.11 Å². The van der Waals surface area contributed by atoms with Gasteiger partial charge in [0.2, 0.25) is 0 Å². The summed E-state index contributed by atoms with van der Waals surface area (Å²) in [6, 6.07) is 13.8. The standard InChI is InChI=1S/C20H24N2O2S/c1-5-24-19(23)17-11-8-14(3)18(12-17)22-20(25)21-15(4)16-9-6-13(2)7-10-16/h6-12,15H,5H2,1-4H3,(H2,21,22,25)/t15-/m1/s1. The fraction of sp³-hybridized carbons (Fsp3) is 0.300. The van der Waals surface area contributed by atoms with Crippen LogP contribution in [-0.4, -0.2) is 17.7 Å². The summed E-state index contributed by atoms with van der Waals surface area (Å²) < 4.78 is 5.04. The van der Waals surface area contributed by atoms with E-state index in [1.54, 1.807) is 19.1 Å². The van der Waals surface area contributed by atoms with Crippen molar-refractivity contribution >= 4 is 29.0 Å². The molecule has 0 aliphatic carbocycles. The van der Waals surface area contributed by atoms with Crippen LogP contribution in [0.1, 0.15) is 46.9 Å². The van der Waals surface area contributed by atoms with E-state index in [2.05, 4.69) is 48.7 Å². The number of thiocarbonyl (C=S) groups is 1. The summed E-state index contributed by atoms with van der Waals surface area (Å²) >= 11 is 5.42. The van der Waals surface area contributed by atoms with Gasteiger partial charge in [-0.05, 0) is 63.2 Å². The predicted octanol–water partition coefficient (Wildman–Crippen LogP) is 4.53. The van der Waals surface area contributed by atoms with E-state index in [0.717, 1.165) is 16.8 Å². The maximum atomic E-state index is 11.9. The number of anilines is 1. The van der Waals surface area contributed by atoms with Crippen molar-refractivity contribution in [1.29, 1.82) is 0 Å². The molecule has 0 saturated heterocycles. The van der Waals surface area contributed by atoms with Gasteiger partial charge < -0.3 is 15.4 Å². The topological polar surface area (TPSA) is 50.4 Å². The van der Waals surface area contributed by atoms with Crippen molar-refractivity contribution in [3.8, 4) is 0 Å². The van der Waals surface area contributed by atoms with E-state index in [-0.39, 0.29) is 12.0 Å². The molecule has 132 valence electrons. The number of esters is 1. The number of rotatable bonds is 5. The first-order valence-electron chi connectivity index (χ1n) is 8.32. The predicted molar refractivity (Wildman–Crippen MR) is 106 cm³/mol. The third-order valence-corrected chi connectivity index (χ3v) is 4.14. The Morgan fingerprint density at radius 1 is 1.16 bits per heavy atom. The van der Waals surface area contributed by atoms with Gasteiger partial charge in [0.1, 0.15) is 0 Å². The van der Waals surface area contributed by atoms with Crippen LogP contribution in [-0.2, 0) is 4.74 Å². The van der Waals surface area contributed by atoms with E-state index < -0.39 is 0 Å². The minimum absolute atomic E-state index is 0.0779. The lowest BCUT2D eigenvalue weighted by Gasteiger charge is -2.19. The second kappa shape index (κ2) is 8.62. The van der Waals surface area contributed by atoms with Crippen LogP contribution < -0.4 is 10.6 Å². The number of nitrogens with one attached hydrogen (secondary N) is 2. The molecule has 2 aromatic rings. The van der Waals surface area contributed by atoms with Crippen LogP contribution in [0.4, 0.5) is 5.69 Å². The molecule has 25 heavy (non-hydrogen) atoms. The third kappa shape index (κ3) is 5.29. The number of aryl methyl sites for hydroxylation is 2. The highest BCUT2D eigenvalue weighted by molar-refractivity contribution is 7.80. The molecular formula is C20H24N2O2S. The van der Waals surface area contributed by atoms with E-state index in [9.17, 15) is 4.79 Å². The Labute approximate surface area is 154 Å². The minimum Gasteiger partial charge on any atom is -0.462 e. The monoisotopic (exact) mass is 356 g/mol. The first-order valence-corrected chi connectivity index (χ1v) is 8.73. The first-order chi connectivity index (χ1) is 11.9. The molecule has 0 aromatic heterocycles. The highest BCUT2D eigenvalue weighted by atomic mass is 32.1. The zero-order valence-corrected chi connectivity index (χ0v) is 15.9. The van der Waals surface area contributed by atoms with Gasteiger partial charge in [-0.1, -0.05) is 35.9 Å². The number of carbonyl (C=O) groups is 1. The van der Waals surface area contributed by atoms with Gasteiger partial charge in [-0.2, -0.15) is 0 Å². The van der Waals surface area contributed by atoms with E-state index in [0.29, 0.717) is 17.3 Å². The molecular weight excluding hydrogens is 332 g/mol. The van der Waals surface area contributed by atoms with Gasteiger partial charge in [-0.15, -0.1) is 0 Å². The maximum Gasteiger partial charge on any atom is 0.338 e. The molecule has 0 heterocycles. The van der Waals surface area contributed by atoms with Crippen LogP contribution in [0.5, 0.6) is 0 Å². The molecule has 2 N–H and O–H groups in total. The molecule has 0 spiro atoms. The molecule has 2 aromatic carbocycles. The highest BCUT2D eigenvalue weighted by Crippen LogP contribution is 2.19. The average molecular weight is 356 g/mol. The summed E-state index contributed by atoms with van der Waals surface area (Å²) in [7, 11) is 0. The van der Waals surface area contributed by atoms with E-state index in [1.165, 1.54) is 5.56 Å². The van der Waals surface area contributed by atoms with Crippen molar-refractivity contribution in [2.45, 2.75) is 33.7 Å². The molecule has 0 bridgehead atoms. The SMILES string of the molecule is CCOC(=O)c1ccc(C)c(NC(=S)N[C@H](C)c2ccc(C)cc2)c1. The van der Waals surface area contributed by atoms with Gasteiger partial charge in [-0.3, -0.25) is 0 Å². The molecule has 0 amide bonds. The Bertz CT molecular complexity index is 757. The highest BCUT2D eigenvalue weighted by Gasteiger charge is 2.11. The fourth-order valence-corrected chi connectivity index (χ4v) is 2.68. The summed E-state index contributed by atoms with van der Waals surface area (Å²) in [6.45, 7) is 8.22. The van der Waals surface area contributed by atoms with Crippen molar-refractivity contribution in [3.05, 3.63) is 64.7 Å². The van der Waals surface area contributed by atoms with Crippen LogP contribution >= 0.6 is 12.2 Å². The zero-order chi connectivity index (χ0) is 18.4. The van der Waals surface area contributed by atoms with Crippen molar-refractivity contribution < 1.29 is 9.53 Å². The Balaban J connectivity index is 2.05. The molecule has 0 unspecified atom stereocenters. The lowest BCUT2D eigenvalue weighted by molar-refractivity contribution is 0.0526. The van der Waals surface area contributed by atoms with Gasteiger partial charge in [0, 0.05) is 5.69 Å². The van der Waals surface area contributed by atoms with Crippen LogP contribution in [0.3, 0.4) is 0 Å². The van der Waals surface area contributed by atoms with Gasteiger partial charge in [0.05, 0.1) is 18.2 Å². The van der Waals surface area contributed by atoms with E-state index >= 15 is 0 Å². The lowest BCUT2D eigenvalue weighted by Crippen LogP contribution is -2.31. The number of carbonyl (C=O) groups excluding carboxylic acids is 1. The van der Waals surface area contributed by atoms with Gasteiger partial charge in [0.25, 0.3) is 0 Å². The van der Waals surface area contributed by atoms with Gasteiger partial charge >= 0.3 is 5.97 Å². The molecule has 5 heteroatoms. The summed E-state index contributed by atoms with van der Waals surface area (Å²) in [5.74, 6) is -0.336. The molecule has 0 fully saturated rings. The summed E-state index contributed by atoms with van der Waals surface area (Å²) in [5.41, 5.74) is 4.68. The van der Waals surface area contributed by atoms with Crippen molar-refractivity contribution in [3.63, 3.8) is 0 Å². The number of hydrogen-bond acceptors (Lipinski definition) is 3. The Morgan fingerprint density at radius 2 is 1.84 bits per heavy atom. The zero-order valence-electron chi connectivity index (χ0n) is 15.1. The largest absolute Gasteiger partial charge is 0.462 e. The Hall–Kier alpha value is -2.40. The van der Waals surface area contributed by atoms with Crippen LogP contribution in [0, 0.1) is 13.8 Å². The molecule has 0 aliphatic rings. The summed E-state index contributed by atoms with van der Waals surface area (Å²) in [6.07, 6.45) is 0. The number of benzene rings is 2. The summed E-state index contributed by atoms with van der Waals surface area (Å²) in [4.78, 5) is 11.9. The fourth-order valence-electron chi connectivity index (χ4n) is 2.39. The average Bonchev–Trinajstić information content (AvgIpc) is 2.57. The second-order valence-corrected chi connectivity index (χ2v) is 6.39. The van der Waals surface area contributed by atoms with Gasteiger partial charge in [-0.25, -0.2) is 4.79 Å². The molecule has 4 nitrogen and oxygen atoms in total. The molecule has 1 atom stereocenters. The number of ether oxygens (including phenoxy) is 1. The lowest BCUT2D eigenvalue weighted by atomic mass is 10.1. The van der Waals surface area contributed by atoms with Crippen LogP contribution in [0.15, 0.2) is 42.5 Å². The minimum atomic E-state index is -0.336. The first kappa shape index (κ1) is 18.9. The Morgan fingerprint density at radius 3 is 2.48 bits per heavy atom. The van der Waals surface area contributed by atoms with Crippen LogP contribution in [0.25, 0.3) is 0 Å². The molecule has 0 radical (unpaired) electrons. The Kier molecular flexibility index (Phi) is 6.53. The van der Waals surface area contributed by atoms with Crippen molar-refractivity contribution in [1.82, 2.24) is 5.32 Å². The normalized spacial score (nSPS) is 11.5. The smallest absolute Gasteiger partial charge is 0.338 e. The quantitative estimate of drug-likeness (QED) is 0.609. The molecule has 0 aliphatic heterocycles. The number of hydrogen-bond donors (Lipinski definition) is 2. The second-order valence-electron chi connectivity index (χ2n) is 5.98. The summed E-state index contributed by atoms with van der Waals surface area (Å²) in [5, 5.41) is 6.95. The molecule has 0 saturated carbocycles. The van der Waals surface area contributed by atoms with E-state index in [1.807, 2.05) is 13.0 Å². The van der Waals surface area contributed by atoms with Crippen LogP contribution in [0.2, 0.25) is 0 Å². The third-order valence-electron chi connectivity index (χ3n) is 3.92. The van der Waals surface area contributed by atoms with Crippen molar-refractivity contribution in [2.24, 2.45) is 0 Å². The van der Waals surface area contributed by atoms with Crippen molar-refractivity contribution in [2.75, 3.05) is 11.9 Å². The maximum absolute atomic E-state index is 11.9. The van der Waals surface area contributed by atoms with E-state index in [4.69, 9.17) is 17.0 Å². The molecule has 2 rings (SSSR count).